The van der Waals surface area contributed by atoms with Crippen molar-refractivity contribution in [3.8, 4) is 0 Å². The van der Waals surface area contributed by atoms with E-state index in [1.54, 1.807) is 13.0 Å². The van der Waals surface area contributed by atoms with Gasteiger partial charge in [0, 0.05) is 18.8 Å². The second-order valence-electron chi connectivity index (χ2n) is 5.69. The first-order valence-electron chi connectivity index (χ1n) is 7.74. The minimum absolute atomic E-state index is 0.120. The summed E-state index contributed by atoms with van der Waals surface area (Å²) in [6, 6.07) is 6.13. The molecule has 0 radical (unpaired) electrons. The van der Waals surface area contributed by atoms with Crippen LogP contribution < -0.4 is 5.32 Å². The molecule has 1 amide bonds. The van der Waals surface area contributed by atoms with Crippen LogP contribution in [0, 0.1) is 6.92 Å². The van der Waals surface area contributed by atoms with Crippen LogP contribution in [0.2, 0.25) is 8.67 Å². The lowest BCUT2D eigenvalue weighted by molar-refractivity contribution is 0.0730. The Hall–Kier alpha value is -1.16. The van der Waals surface area contributed by atoms with Crippen LogP contribution in [0.1, 0.15) is 15.9 Å². The highest BCUT2D eigenvalue weighted by Crippen LogP contribution is 2.32. The number of ether oxygens (including phenoxy) is 1. The van der Waals surface area contributed by atoms with Crippen LogP contribution in [0.25, 0.3) is 0 Å². The van der Waals surface area contributed by atoms with Crippen LogP contribution in [0.4, 0.5) is 5.69 Å². The van der Waals surface area contributed by atoms with Crippen molar-refractivity contribution in [1.82, 2.24) is 4.31 Å². The fourth-order valence-corrected chi connectivity index (χ4v) is 5.41. The molecule has 1 aliphatic rings. The van der Waals surface area contributed by atoms with Crippen molar-refractivity contribution in [3.05, 3.63) is 44.1 Å². The Morgan fingerprint density at radius 2 is 1.92 bits per heavy atom. The molecule has 2 heterocycles. The van der Waals surface area contributed by atoms with E-state index in [4.69, 9.17) is 27.9 Å². The van der Waals surface area contributed by atoms with Gasteiger partial charge in [-0.05, 0) is 30.7 Å². The number of benzene rings is 1. The minimum atomic E-state index is -3.65. The molecule has 0 atom stereocenters. The van der Waals surface area contributed by atoms with Crippen molar-refractivity contribution in [2.24, 2.45) is 0 Å². The summed E-state index contributed by atoms with van der Waals surface area (Å²) >= 11 is 13.0. The molecule has 0 bridgehead atoms. The Bertz CT molecular complexity index is 938. The highest BCUT2D eigenvalue weighted by Gasteiger charge is 2.27. The zero-order chi connectivity index (χ0) is 18.9. The molecule has 1 aromatic heterocycles. The van der Waals surface area contributed by atoms with Gasteiger partial charge in [0.15, 0.2) is 0 Å². The third-order valence-electron chi connectivity index (χ3n) is 3.97. The molecular weight excluding hydrogens is 419 g/mol. The maximum absolute atomic E-state index is 12.8. The summed E-state index contributed by atoms with van der Waals surface area (Å²) in [6.07, 6.45) is 0. The van der Waals surface area contributed by atoms with Gasteiger partial charge in [0.1, 0.15) is 4.34 Å². The monoisotopic (exact) mass is 434 g/mol. The maximum atomic E-state index is 12.8. The van der Waals surface area contributed by atoms with Gasteiger partial charge in [0.25, 0.3) is 5.91 Å². The van der Waals surface area contributed by atoms with Gasteiger partial charge in [-0.2, -0.15) is 4.31 Å². The number of nitrogens with one attached hydrogen (secondary N) is 1. The molecule has 1 aliphatic heterocycles. The summed E-state index contributed by atoms with van der Waals surface area (Å²) in [5.74, 6) is -0.442. The SMILES string of the molecule is Cc1ccc(S(=O)(=O)N2CCOCC2)cc1NC(=O)c1cc(Cl)sc1Cl. The first kappa shape index (κ1) is 19.6. The Morgan fingerprint density at radius 3 is 2.54 bits per heavy atom. The number of amides is 1. The van der Waals surface area contributed by atoms with Gasteiger partial charge in [0.2, 0.25) is 10.0 Å². The number of thiophene rings is 1. The molecule has 1 N–H and O–H groups in total. The van der Waals surface area contributed by atoms with Crippen molar-refractivity contribution in [2.75, 3.05) is 31.6 Å². The lowest BCUT2D eigenvalue weighted by Crippen LogP contribution is -2.40. The second kappa shape index (κ2) is 7.84. The maximum Gasteiger partial charge on any atom is 0.258 e. The van der Waals surface area contributed by atoms with E-state index < -0.39 is 15.9 Å². The number of nitrogens with zero attached hydrogens (tertiary/aromatic N) is 1. The van der Waals surface area contributed by atoms with E-state index >= 15 is 0 Å². The van der Waals surface area contributed by atoms with Gasteiger partial charge in [0.05, 0.1) is 28.0 Å². The number of halogens is 2. The third kappa shape index (κ3) is 4.05. The van der Waals surface area contributed by atoms with Gasteiger partial charge in [-0.25, -0.2) is 8.42 Å². The molecule has 1 aromatic carbocycles. The Kier molecular flexibility index (Phi) is 5.91. The summed E-state index contributed by atoms with van der Waals surface area (Å²) in [4.78, 5) is 12.6. The van der Waals surface area contributed by atoms with Crippen molar-refractivity contribution >= 4 is 56.2 Å². The molecule has 6 nitrogen and oxygen atoms in total. The molecule has 0 unspecified atom stereocenters. The number of anilines is 1. The first-order valence-corrected chi connectivity index (χ1v) is 10.7. The van der Waals surface area contributed by atoms with E-state index in [2.05, 4.69) is 5.32 Å². The van der Waals surface area contributed by atoms with Gasteiger partial charge < -0.3 is 10.1 Å². The zero-order valence-electron chi connectivity index (χ0n) is 13.8. The number of sulfonamides is 1. The molecule has 140 valence electrons. The predicted molar refractivity (Wildman–Crippen MR) is 103 cm³/mol. The number of aryl methyl sites for hydroxylation is 1. The molecule has 26 heavy (non-hydrogen) atoms. The summed E-state index contributed by atoms with van der Waals surface area (Å²) in [5, 5.41) is 2.71. The number of morpholine rings is 1. The van der Waals surface area contributed by atoms with Crippen LogP contribution in [-0.4, -0.2) is 44.9 Å². The first-order chi connectivity index (χ1) is 12.3. The molecule has 0 saturated carbocycles. The lowest BCUT2D eigenvalue weighted by Gasteiger charge is -2.26. The molecule has 1 saturated heterocycles. The molecule has 2 aromatic rings. The average molecular weight is 435 g/mol. The van der Waals surface area contributed by atoms with Crippen LogP contribution in [0.5, 0.6) is 0 Å². The standard InChI is InChI=1S/C16H16Cl2N2O4S2/c1-10-2-3-11(26(22,23)20-4-6-24-7-5-20)8-13(10)19-16(21)12-9-14(17)25-15(12)18/h2-3,8-9H,4-7H2,1H3,(H,19,21). The lowest BCUT2D eigenvalue weighted by atomic mass is 10.2. The molecular formula is C16H16Cl2N2O4S2. The van der Waals surface area contributed by atoms with Crippen LogP contribution in [0.15, 0.2) is 29.2 Å². The average Bonchev–Trinajstić information content (AvgIpc) is 2.96. The quantitative estimate of drug-likeness (QED) is 0.796. The minimum Gasteiger partial charge on any atom is -0.379 e. The van der Waals surface area contributed by atoms with E-state index in [-0.39, 0.29) is 14.8 Å². The Morgan fingerprint density at radius 1 is 1.23 bits per heavy atom. The number of hydrogen-bond acceptors (Lipinski definition) is 5. The zero-order valence-corrected chi connectivity index (χ0v) is 16.9. The third-order valence-corrected chi connectivity index (χ3v) is 7.35. The number of rotatable bonds is 4. The summed E-state index contributed by atoms with van der Waals surface area (Å²) < 4.78 is 32.8. The Labute approximate surface area is 165 Å². The van der Waals surface area contributed by atoms with E-state index in [1.165, 1.54) is 22.5 Å². The molecule has 10 heteroatoms. The fourth-order valence-electron chi connectivity index (χ4n) is 2.52. The van der Waals surface area contributed by atoms with Crippen molar-refractivity contribution in [1.29, 1.82) is 0 Å². The molecule has 0 spiro atoms. The highest BCUT2D eigenvalue weighted by atomic mass is 35.5. The Balaban J connectivity index is 1.88. The summed E-state index contributed by atoms with van der Waals surface area (Å²) in [7, 11) is -3.65. The van der Waals surface area contributed by atoms with Crippen LogP contribution in [-0.2, 0) is 14.8 Å². The summed E-state index contributed by atoms with van der Waals surface area (Å²) in [5.41, 5.74) is 1.39. The van der Waals surface area contributed by atoms with E-state index in [0.29, 0.717) is 36.3 Å². The normalized spacial score (nSPS) is 15.8. The van der Waals surface area contributed by atoms with Gasteiger partial charge in [-0.1, -0.05) is 29.3 Å². The van der Waals surface area contributed by atoms with Gasteiger partial charge in [-0.3, -0.25) is 4.79 Å². The summed E-state index contributed by atoms with van der Waals surface area (Å²) in [6.45, 7) is 3.13. The van der Waals surface area contributed by atoms with Gasteiger partial charge in [-0.15, -0.1) is 11.3 Å². The van der Waals surface area contributed by atoms with E-state index in [1.807, 2.05) is 0 Å². The molecule has 1 fully saturated rings. The number of carbonyl (C=O) groups is 1. The van der Waals surface area contributed by atoms with Crippen molar-refractivity contribution in [3.63, 3.8) is 0 Å². The second-order valence-corrected chi connectivity index (χ2v) is 9.91. The topological polar surface area (TPSA) is 75.7 Å². The largest absolute Gasteiger partial charge is 0.379 e. The smallest absolute Gasteiger partial charge is 0.258 e. The van der Waals surface area contributed by atoms with E-state index in [9.17, 15) is 13.2 Å². The van der Waals surface area contributed by atoms with E-state index in [0.717, 1.165) is 16.9 Å². The van der Waals surface area contributed by atoms with Gasteiger partial charge >= 0.3 is 0 Å². The molecule has 0 aliphatic carbocycles. The van der Waals surface area contributed by atoms with Crippen molar-refractivity contribution in [2.45, 2.75) is 11.8 Å². The molecule has 3 rings (SSSR count). The van der Waals surface area contributed by atoms with Crippen LogP contribution >= 0.6 is 34.5 Å². The number of hydrogen-bond donors (Lipinski definition) is 1. The van der Waals surface area contributed by atoms with Crippen LogP contribution in [0.3, 0.4) is 0 Å². The predicted octanol–water partition coefficient (Wildman–Crippen LogP) is 3.64. The number of carbonyl (C=O) groups excluding carboxylic acids is 1. The van der Waals surface area contributed by atoms with Crippen molar-refractivity contribution < 1.29 is 17.9 Å². The highest BCUT2D eigenvalue weighted by molar-refractivity contribution is 7.89. The fraction of sp³-hybridized carbons (Fsp3) is 0.312.